The van der Waals surface area contributed by atoms with Gasteiger partial charge in [-0.25, -0.2) is 0 Å². The minimum absolute atomic E-state index is 0.142. The van der Waals surface area contributed by atoms with Crippen LogP contribution in [0.15, 0.2) is 4.52 Å². The molecule has 3 rings (SSSR count). The Bertz CT molecular complexity index is 454. The van der Waals surface area contributed by atoms with Crippen molar-refractivity contribution in [2.75, 3.05) is 45.2 Å². The molecular weight excluding hydrogens is 274 g/mol. The number of nitrogens with two attached hydrogens (primary N) is 1. The first-order chi connectivity index (χ1) is 9.65. The van der Waals surface area contributed by atoms with E-state index in [4.69, 9.17) is 10.3 Å². The van der Waals surface area contributed by atoms with Gasteiger partial charge in [-0.1, -0.05) is 5.16 Å². The first-order valence-corrected chi connectivity index (χ1v) is 8.36. The second-order valence-electron chi connectivity index (χ2n) is 5.91. The normalized spacial score (nSPS) is 33.5. The van der Waals surface area contributed by atoms with Crippen molar-refractivity contribution < 1.29 is 4.52 Å². The average molecular weight is 297 g/mol. The Kier molecular flexibility index (Phi) is 4.30. The smallest absolute Gasteiger partial charge is 0.232 e. The maximum Gasteiger partial charge on any atom is 0.232 e. The summed E-state index contributed by atoms with van der Waals surface area (Å²) >= 11 is 1.86. The summed E-state index contributed by atoms with van der Waals surface area (Å²) in [4.78, 5) is 9.31. The zero-order chi connectivity index (χ0) is 14.1. The quantitative estimate of drug-likeness (QED) is 0.854. The molecule has 0 aromatic carbocycles. The largest absolute Gasteiger partial charge is 0.339 e. The van der Waals surface area contributed by atoms with E-state index in [1.54, 1.807) is 0 Å². The van der Waals surface area contributed by atoms with Gasteiger partial charge < -0.3 is 15.2 Å². The molecule has 112 valence electrons. The number of thioether (sulfide) groups is 1. The van der Waals surface area contributed by atoms with Gasteiger partial charge in [-0.3, -0.25) is 4.90 Å². The van der Waals surface area contributed by atoms with Crippen LogP contribution in [0.1, 0.15) is 30.1 Å². The molecule has 2 saturated heterocycles. The van der Waals surface area contributed by atoms with Crippen LogP contribution in [-0.4, -0.2) is 71.2 Å². The van der Waals surface area contributed by atoms with Gasteiger partial charge in [-0.15, -0.1) is 0 Å². The van der Waals surface area contributed by atoms with Crippen LogP contribution in [0.25, 0.3) is 0 Å². The molecular formula is C13H23N5OS. The van der Waals surface area contributed by atoms with Gasteiger partial charge in [0, 0.05) is 24.1 Å². The molecule has 2 aliphatic rings. The van der Waals surface area contributed by atoms with Gasteiger partial charge in [-0.2, -0.15) is 16.7 Å². The number of hydrogen-bond acceptors (Lipinski definition) is 7. The maximum absolute atomic E-state index is 6.11. The molecule has 0 amide bonds. The molecule has 0 aliphatic carbocycles. The van der Waals surface area contributed by atoms with Crippen molar-refractivity contribution in [2.45, 2.75) is 24.4 Å². The summed E-state index contributed by atoms with van der Waals surface area (Å²) in [7, 11) is 4.29. The van der Waals surface area contributed by atoms with E-state index in [0.717, 1.165) is 42.9 Å². The van der Waals surface area contributed by atoms with Gasteiger partial charge in [-0.05, 0) is 33.6 Å². The summed E-state index contributed by atoms with van der Waals surface area (Å²) in [5, 5.41) is 4.23. The van der Waals surface area contributed by atoms with Crippen molar-refractivity contribution in [3.63, 3.8) is 0 Å². The first kappa shape index (κ1) is 14.3. The number of likely N-dealkylation sites (N-methyl/N-ethyl adjacent to an activating group) is 2. The highest BCUT2D eigenvalue weighted by Gasteiger charge is 2.33. The average Bonchev–Trinajstić information content (AvgIpc) is 3.00. The van der Waals surface area contributed by atoms with Gasteiger partial charge in [0.05, 0.1) is 12.0 Å². The van der Waals surface area contributed by atoms with Crippen molar-refractivity contribution in [3.05, 3.63) is 11.7 Å². The van der Waals surface area contributed by atoms with Crippen molar-refractivity contribution >= 4 is 11.8 Å². The molecule has 1 aromatic heterocycles. The van der Waals surface area contributed by atoms with Crippen molar-refractivity contribution in [3.8, 4) is 0 Å². The molecule has 3 heterocycles. The zero-order valence-corrected chi connectivity index (χ0v) is 13.0. The van der Waals surface area contributed by atoms with Crippen LogP contribution in [0.3, 0.4) is 0 Å². The molecule has 7 heteroatoms. The molecule has 2 aliphatic heterocycles. The van der Waals surface area contributed by atoms with E-state index in [1.165, 1.54) is 6.42 Å². The summed E-state index contributed by atoms with van der Waals surface area (Å²) in [6, 6.07) is 0.355. The fourth-order valence-electron chi connectivity index (χ4n) is 2.91. The van der Waals surface area contributed by atoms with Crippen LogP contribution >= 0.6 is 11.8 Å². The van der Waals surface area contributed by atoms with Crippen molar-refractivity contribution in [1.82, 2.24) is 19.9 Å². The molecule has 0 spiro atoms. The van der Waals surface area contributed by atoms with E-state index >= 15 is 0 Å². The summed E-state index contributed by atoms with van der Waals surface area (Å²) in [6.07, 6.45) is 1.18. The van der Waals surface area contributed by atoms with E-state index in [1.807, 2.05) is 11.8 Å². The lowest BCUT2D eigenvalue weighted by Crippen LogP contribution is -2.31. The number of rotatable bonds is 2. The first-order valence-electron chi connectivity index (χ1n) is 7.20. The lowest BCUT2D eigenvalue weighted by atomic mass is 10.1. The lowest BCUT2D eigenvalue weighted by Gasteiger charge is -2.24. The van der Waals surface area contributed by atoms with Gasteiger partial charge >= 0.3 is 0 Å². The third kappa shape index (κ3) is 2.86. The highest BCUT2D eigenvalue weighted by molar-refractivity contribution is 7.99. The predicted octanol–water partition coefficient (Wildman–Crippen LogP) is 0.536. The van der Waals surface area contributed by atoms with E-state index in [-0.39, 0.29) is 18.0 Å². The second-order valence-corrected chi connectivity index (χ2v) is 6.99. The molecule has 0 radical (unpaired) electrons. The lowest BCUT2D eigenvalue weighted by molar-refractivity contribution is 0.214. The molecule has 0 saturated carbocycles. The Labute approximate surface area is 124 Å². The number of hydrogen-bond donors (Lipinski definition) is 1. The molecule has 0 bridgehead atoms. The van der Waals surface area contributed by atoms with Crippen molar-refractivity contribution in [1.29, 1.82) is 0 Å². The third-order valence-electron chi connectivity index (χ3n) is 4.26. The number of nitrogens with zero attached hydrogens (tertiary/aromatic N) is 4. The van der Waals surface area contributed by atoms with Crippen molar-refractivity contribution in [2.24, 2.45) is 5.73 Å². The van der Waals surface area contributed by atoms with Gasteiger partial charge in [0.1, 0.15) is 0 Å². The fraction of sp³-hybridized carbons (Fsp3) is 0.846. The molecule has 6 nitrogen and oxygen atoms in total. The fourth-order valence-corrected chi connectivity index (χ4v) is 4.19. The molecule has 1 aromatic rings. The summed E-state index contributed by atoms with van der Waals surface area (Å²) in [5.41, 5.74) is 6.11. The van der Waals surface area contributed by atoms with Crippen LogP contribution < -0.4 is 5.73 Å². The Balaban J connectivity index is 1.77. The Morgan fingerprint density at radius 3 is 2.90 bits per heavy atom. The topological polar surface area (TPSA) is 71.4 Å². The van der Waals surface area contributed by atoms with Gasteiger partial charge in [0.2, 0.25) is 5.89 Å². The predicted molar refractivity (Wildman–Crippen MR) is 79.8 cm³/mol. The van der Waals surface area contributed by atoms with Crippen LogP contribution in [-0.2, 0) is 0 Å². The Morgan fingerprint density at radius 1 is 1.30 bits per heavy atom. The SMILES string of the molecule is CN1CCCN(C)C(c2noc(C3CSCC3N)n2)C1. The van der Waals surface area contributed by atoms with Crippen LogP contribution in [0.4, 0.5) is 0 Å². The van der Waals surface area contributed by atoms with E-state index in [2.05, 4.69) is 34.0 Å². The minimum atomic E-state index is 0.142. The molecule has 3 unspecified atom stereocenters. The second kappa shape index (κ2) is 6.01. The Hall–Kier alpha value is -0.630. The zero-order valence-electron chi connectivity index (χ0n) is 12.2. The summed E-state index contributed by atoms with van der Waals surface area (Å²) in [6.45, 7) is 3.13. The summed E-state index contributed by atoms with van der Waals surface area (Å²) in [5.74, 6) is 3.71. The molecule has 3 atom stereocenters. The number of aromatic nitrogens is 2. The highest BCUT2D eigenvalue weighted by atomic mass is 32.2. The maximum atomic E-state index is 6.11. The van der Waals surface area contributed by atoms with Gasteiger partial charge in [0.25, 0.3) is 0 Å². The Morgan fingerprint density at radius 2 is 2.15 bits per heavy atom. The van der Waals surface area contributed by atoms with E-state index in [9.17, 15) is 0 Å². The van der Waals surface area contributed by atoms with Crippen LogP contribution in [0.5, 0.6) is 0 Å². The standard InChI is InChI=1S/C13H23N5OS/c1-17-4-3-5-18(2)11(6-17)12-15-13(19-16-12)9-7-20-8-10(9)14/h9-11H,3-8,14H2,1-2H3. The van der Waals surface area contributed by atoms with Gasteiger partial charge in [0.15, 0.2) is 5.82 Å². The minimum Gasteiger partial charge on any atom is -0.339 e. The molecule has 20 heavy (non-hydrogen) atoms. The highest BCUT2D eigenvalue weighted by Crippen LogP contribution is 2.31. The van der Waals surface area contributed by atoms with Crippen LogP contribution in [0, 0.1) is 0 Å². The molecule has 2 fully saturated rings. The third-order valence-corrected chi connectivity index (χ3v) is 5.48. The van der Waals surface area contributed by atoms with E-state index in [0.29, 0.717) is 0 Å². The van der Waals surface area contributed by atoms with E-state index < -0.39 is 0 Å². The molecule has 2 N–H and O–H groups in total. The monoisotopic (exact) mass is 297 g/mol. The van der Waals surface area contributed by atoms with Crippen LogP contribution in [0.2, 0.25) is 0 Å². The summed E-state index contributed by atoms with van der Waals surface area (Å²) < 4.78 is 5.50.